The van der Waals surface area contributed by atoms with Gasteiger partial charge in [0.2, 0.25) is 11.8 Å². The van der Waals surface area contributed by atoms with Gasteiger partial charge in [-0.1, -0.05) is 72.8 Å². The Kier molecular flexibility index (Phi) is 10.0. The molecule has 0 aliphatic rings. The standard InChI is InChI=1S/C28H31N3O6/c1-19(32)25(31-28(35)37-18-22-10-6-3-7-11-22)27(34)30-24(26(29)33)16-20-12-14-23(15-13-20)36-17-21-8-4-2-5-9-21/h2-15,19,24-25,32H,16-18H2,1H3,(H2,29,33)(H,30,34)(H,31,35)/t19-,24+,25+/m1/s1. The number of amides is 3. The van der Waals surface area contributed by atoms with Gasteiger partial charge < -0.3 is 30.9 Å². The van der Waals surface area contributed by atoms with E-state index in [1.807, 2.05) is 36.4 Å². The fourth-order valence-electron chi connectivity index (χ4n) is 3.48. The molecule has 9 nitrogen and oxygen atoms in total. The molecule has 0 unspecified atom stereocenters. The Morgan fingerprint density at radius 2 is 1.38 bits per heavy atom. The Labute approximate surface area is 215 Å². The van der Waals surface area contributed by atoms with E-state index in [-0.39, 0.29) is 13.0 Å². The number of aliphatic hydroxyl groups is 1. The van der Waals surface area contributed by atoms with Crippen LogP contribution in [0.2, 0.25) is 0 Å². The number of alkyl carbamates (subject to hydrolysis) is 1. The van der Waals surface area contributed by atoms with Crippen LogP contribution in [-0.2, 0) is 34.0 Å². The summed E-state index contributed by atoms with van der Waals surface area (Å²) in [6.07, 6.45) is -2.02. The molecule has 0 aromatic heterocycles. The van der Waals surface area contributed by atoms with E-state index in [0.717, 1.165) is 16.7 Å². The van der Waals surface area contributed by atoms with Gasteiger partial charge in [-0.3, -0.25) is 9.59 Å². The average molecular weight is 506 g/mol. The Hall–Kier alpha value is -4.37. The van der Waals surface area contributed by atoms with Gasteiger partial charge in [0.1, 0.15) is 31.0 Å². The van der Waals surface area contributed by atoms with E-state index >= 15 is 0 Å². The predicted octanol–water partition coefficient (Wildman–Crippen LogP) is 2.45. The maximum Gasteiger partial charge on any atom is 0.408 e. The third kappa shape index (κ3) is 8.97. The molecule has 3 aromatic carbocycles. The van der Waals surface area contributed by atoms with Crippen LogP contribution in [0.15, 0.2) is 84.9 Å². The first-order valence-corrected chi connectivity index (χ1v) is 11.8. The highest BCUT2D eigenvalue weighted by molar-refractivity contribution is 5.91. The van der Waals surface area contributed by atoms with Crippen molar-refractivity contribution in [3.63, 3.8) is 0 Å². The van der Waals surface area contributed by atoms with Gasteiger partial charge in [-0.2, -0.15) is 0 Å². The van der Waals surface area contributed by atoms with Gasteiger partial charge in [0.25, 0.3) is 0 Å². The van der Waals surface area contributed by atoms with Crippen LogP contribution in [0, 0.1) is 0 Å². The fourth-order valence-corrected chi connectivity index (χ4v) is 3.48. The maximum atomic E-state index is 12.8. The SMILES string of the molecule is C[C@@H](O)[C@H](NC(=O)OCc1ccccc1)C(=O)N[C@@H](Cc1ccc(OCc2ccccc2)cc1)C(N)=O. The van der Waals surface area contributed by atoms with Crippen molar-refractivity contribution >= 4 is 17.9 Å². The number of hydrogen-bond acceptors (Lipinski definition) is 6. The highest BCUT2D eigenvalue weighted by atomic mass is 16.5. The number of carbonyl (C=O) groups excluding carboxylic acids is 3. The lowest BCUT2D eigenvalue weighted by Crippen LogP contribution is -2.57. The lowest BCUT2D eigenvalue weighted by atomic mass is 10.0. The molecule has 0 bridgehead atoms. The number of benzene rings is 3. The quantitative estimate of drug-likeness (QED) is 0.298. The molecule has 5 N–H and O–H groups in total. The third-order valence-corrected chi connectivity index (χ3v) is 5.52. The molecule has 0 saturated carbocycles. The largest absolute Gasteiger partial charge is 0.489 e. The summed E-state index contributed by atoms with van der Waals surface area (Å²) < 4.78 is 10.9. The minimum Gasteiger partial charge on any atom is -0.489 e. The van der Waals surface area contributed by atoms with Crippen LogP contribution in [0.1, 0.15) is 23.6 Å². The van der Waals surface area contributed by atoms with E-state index in [9.17, 15) is 19.5 Å². The average Bonchev–Trinajstić information content (AvgIpc) is 2.90. The molecule has 0 aliphatic carbocycles. The molecule has 0 fully saturated rings. The molecule has 0 radical (unpaired) electrons. The van der Waals surface area contributed by atoms with Gasteiger partial charge >= 0.3 is 6.09 Å². The number of ether oxygens (including phenoxy) is 2. The molecule has 0 spiro atoms. The molecule has 3 rings (SSSR count). The molecule has 9 heteroatoms. The Morgan fingerprint density at radius 3 is 1.92 bits per heavy atom. The summed E-state index contributed by atoms with van der Waals surface area (Å²) in [6, 6.07) is 23.4. The fraction of sp³-hybridized carbons (Fsp3) is 0.250. The van der Waals surface area contributed by atoms with Crippen molar-refractivity contribution in [1.82, 2.24) is 10.6 Å². The van der Waals surface area contributed by atoms with E-state index in [2.05, 4.69) is 10.6 Å². The summed E-state index contributed by atoms with van der Waals surface area (Å²) in [5.41, 5.74) is 8.05. The van der Waals surface area contributed by atoms with E-state index in [1.54, 1.807) is 48.5 Å². The second-order valence-corrected chi connectivity index (χ2v) is 8.51. The zero-order valence-corrected chi connectivity index (χ0v) is 20.5. The molecule has 3 atom stereocenters. The van der Waals surface area contributed by atoms with Gasteiger partial charge in [0, 0.05) is 6.42 Å². The highest BCUT2D eigenvalue weighted by Crippen LogP contribution is 2.15. The Bertz CT molecular complexity index is 1150. The summed E-state index contributed by atoms with van der Waals surface area (Å²) >= 11 is 0. The van der Waals surface area contributed by atoms with E-state index in [1.165, 1.54) is 6.92 Å². The van der Waals surface area contributed by atoms with Gasteiger partial charge in [-0.05, 0) is 35.7 Å². The van der Waals surface area contributed by atoms with Crippen molar-refractivity contribution < 1.29 is 29.0 Å². The highest BCUT2D eigenvalue weighted by Gasteiger charge is 2.29. The summed E-state index contributed by atoms with van der Waals surface area (Å²) in [5.74, 6) is -0.869. The van der Waals surface area contributed by atoms with Crippen molar-refractivity contribution in [3.8, 4) is 5.75 Å². The Morgan fingerprint density at radius 1 is 0.811 bits per heavy atom. The van der Waals surface area contributed by atoms with Crippen molar-refractivity contribution in [1.29, 1.82) is 0 Å². The van der Waals surface area contributed by atoms with Gasteiger partial charge in [0.15, 0.2) is 0 Å². The molecular weight excluding hydrogens is 474 g/mol. The number of hydrogen-bond donors (Lipinski definition) is 4. The summed E-state index contributed by atoms with van der Waals surface area (Å²) in [7, 11) is 0. The van der Waals surface area contributed by atoms with Crippen LogP contribution in [0.3, 0.4) is 0 Å². The number of carbonyl (C=O) groups is 3. The minimum atomic E-state index is -1.35. The number of aliphatic hydroxyl groups excluding tert-OH is 1. The first kappa shape index (κ1) is 27.2. The van der Waals surface area contributed by atoms with Crippen LogP contribution in [0.25, 0.3) is 0 Å². The number of nitrogens with two attached hydrogens (primary N) is 1. The molecule has 0 heterocycles. The van der Waals surface area contributed by atoms with Gasteiger partial charge in [0.05, 0.1) is 6.10 Å². The second kappa shape index (κ2) is 13.6. The summed E-state index contributed by atoms with van der Waals surface area (Å²) in [5, 5.41) is 14.9. The first-order chi connectivity index (χ1) is 17.8. The smallest absolute Gasteiger partial charge is 0.408 e. The summed E-state index contributed by atoms with van der Waals surface area (Å²) in [4.78, 5) is 37.0. The van der Waals surface area contributed by atoms with Crippen LogP contribution in [-0.4, -0.2) is 41.2 Å². The van der Waals surface area contributed by atoms with E-state index in [4.69, 9.17) is 15.2 Å². The zero-order valence-electron chi connectivity index (χ0n) is 20.5. The summed E-state index contributed by atoms with van der Waals surface area (Å²) in [6.45, 7) is 1.76. The van der Waals surface area contributed by atoms with E-state index in [0.29, 0.717) is 12.4 Å². The topological polar surface area (TPSA) is 140 Å². The number of nitrogens with one attached hydrogen (secondary N) is 2. The first-order valence-electron chi connectivity index (χ1n) is 11.8. The normalized spacial score (nSPS) is 13.0. The molecular formula is C28H31N3O6. The van der Waals surface area contributed by atoms with Crippen molar-refractivity contribution in [2.24, 2.45) is 5.73 Å². The monoisotopic (exact) mass is 505 g/mol. The van der Waals surface area contributed by atoms with E-state index < -0.39 is 36.1 Å². The molecule has 0 saturated heterocycles. The molecule has 3 amide bonds. The van der Waals surface area contributed by atoms with Crippen molar-refractivity contribution in [3.05, 3.63) is 102 Å². The minimum absolute atomic E-state index is 0.00418. The second-order valence-electron chi connectivity index (χ2n) is 8.51. The van der Waals surface area contributed by atoms with Gasteiger partial charge in [-0.25, -0.2) is 4.79 Å². The van der Waals surface area contributed by atoms with Crippen LogP contribution < -0.4 is 21.1 Å². The van der Waals surface area contributed by atoms with Crippen molar-refractivity contribution in [2.45, 2.75) is 44.7 Å². The van der Waals surface area contributed by atoms with Crippen LogP contribution in [0.4, 0.5) is 4.79 Å². The Balaban J connectivity index is 1.54. The predicted molar refractivity (Wildman–Crippen MR) is 137 cm³/mol. The molecule has 3 aromatic rings. The van der Waals surface area contributed by atoms with Crippen LogP contribution >= 0.6 is 0 Å². The molecule has 37 heavy (non-hydrogen) atoms. The lowest BCUT2D eigenvalue weighted by molar-refractivity contribution is -0.130. The zero-order chi connectivity index (χ0) is 26.6. The number of primary amides is 1. The van der Waals surface area contributed by atoms with Gasteiger partial charge in [-0.15, -0.1) is 0 Å². The third-order valence-electron chi connectivity index (χ3n) is 5.52. The lowest BCUT2D eigenvalue weighted by Gasteiger charge is -2.23. The van der Waals surface area contributed by atoms with Crippen molar-refractivity contribution in [2.75, 3.05) is 0 Å². The number of rotatable bonds is 12. The van der Waals surface area contributed by atoms with Crippen LogP contribution in [0.5, 0.6) is 5.75 Å². The molecule has 194 valence electrons. The molecule has 0 aliphatic heterocycles. The maximum absolute atomic E-state index is 12.8.